The van der Waals surface area contributed by atoms with Crippen molar-refractivity contribution >= 4 is 29.3 Å². The molecule has 1 saturated heterocycles. The van der Waals surface area contributed by atoms with Crippen LogP contribution in [0.5, 0.6) is 0 Å². The van der Waals surface area contributed by atoms with Crippen LogP contribution in [-0.4, -0.2) is 49.6 Å². The number of benzene rings is 2. The molecular formula is C24H19N7O4. The Hall–Kier alpha value is -4.85. The zero-order chi connectivity index (χ0) is 24.5. The number of nitriles is 1. The third-order valence-electron chi connectivity index (χ3n) is 6.03. The molecule has 2 N–H and O–H groups in total. The van der Waals surface area contributed by atoms with E-state index in [1.54, 1.807) is 42.5 Å². The maximum absolute atomic E-state index is 12.9. The summed E-state index contributed by atoms with van der Waals surface area (Å²) in [6.07, 6.45) is 2.11. The van der Waals surface area contributed by atoms with Gasteiger partial charge in [-0.05, 0) is 41.8 Å². The van der Waals surface area contributed by atoms with Crippen LogP contribution in [0.15, 0.2) is 48.7 Å². The minimum atomic E-state index is -0.693. The number of carbonyl (C=O) groups is 4. The van der Waals surface area contributed by atoms with Crippen LogP contribution in [-0.2, 0) is 22.6 Å². The second-order valence-electron chi connectivity index (χ2n) is 8.24. The van der Waals surface area contributed by atoms with Crippen molar-refractivity contribution in [1.82, 2.24) is 25.2 Å². The molecule has 1 fully saturated rings. The second kappa shape index (κ2) is 8.83. The number of amides is 4. The van der Waals surface area contributed by atoms with Gasteiger partial charge in [0.1, 0.15) is 6.04 Å². The Morgan fingerprint density at radius 1 is 1.20 bits per heavy atom. The van der Waals surface area contributed by atoms with Gasteiger partial charge in [-0.2, -0.15) is 5.26 Å². The van der Waals surface area contributed by atoms with Crippen LogP contribution in [0.25, 0.3) is 5.69 Å². The maximum Gasteiger partial charge on any atom is 0.277 e. The molecule has 0 bridgehead atoms. The minimum absolute atomic E-state index is 0.0819. The predicted octanol–water partition coefficient (Wildman–Crippen LogP) is 1.35. The Bertz CT molecular complexity index is 1420. The van der Waals surface area contributed by atoms with E-state index in [1.807, 2.05) is 0 Å². The third-order valence-corrected chi connectivity index (χ3v) is 6.03. The Morgan fingerprint density at radius 3 is 2.83 bits per heavy atom. The molecule has 2 aliphatic rings. The molecule has 2 aromatic carbocycles. The summed E-state index contributed by atoms with van der Waals surface area (Å²) in [4.78, 5) is 50.7. The summed E-state index contributed by atoms with van der Waals surface area (Å²) in [5.41, 5.74) is 3.09. The minimum Gasteiger partial charge on any atom is -0.322 e. The summed E-state index contributed by atoms with van der Waals surface area (Å²) in [7, 11) is 0. The lowest BCUT2D eigenvalue weighted by molar-refractivity contribution is -0.136. The van der Waals surface area contributed by atoms with E-state index in [9.17, 15) is 19.2 Å². The molecule has 11 nitrogen and oxygen atoms in total. The highest BCUT2D eigenvalue weighted by Crippen LogP contribution is 2.29. The number of carbonyl (C=O) groups excluding carboxylic acids is 4. The number of rotatable bonds is 5. The highest BCUT2D eigenvalue weighted by atomic mass is 16.2. The van der Waals surface area contributed by atoms with Crippen molar-refractivity contribution in [1.29, 1.82) is 5.26 Å². The molecule has 35 heavy (non-hydrogen) atoms. The molecule has 4 amide bonds. The summed E-state index contributed by atoms with van der Waals surface area (Å²) in [6, 6.07) is 13.5. The number of nitrogens with one attached hydrogen (secondary N) is 2. The molecule has 1 unspecified atom stereocenters. The number of hydrogen-bond donors (Lipinski definition) is 2. The first-order chi connectivity index (χ1) is 16.9. The van der Waals surface area contributed by atoms with Crippen LogP contribution >= 0.6 is 0 Å². The van der Waals surface area contributed by atoms with Gasteiger partial charge in [0.15, 0.2) is 5.69 Å². The standard InChI is InChI=1S/C24H19N7O4/c25-10-9-14-3-1-2-4-18(14)26-22(33)19-13-31(29-28-19)16-5-6-17-15(11-16)12-30(24(17)35)20-7-8-21(32)27-23(20)34/h1-6,11,13,20H,7-9,12H2,(H,26,33)(H,27,32,34). The van der Waals surface area contributed by atoms with Crippen LogP contribution in [0.1, 0.15) is 44.8 Å². The van der Waals surface area contributed by atoms with Gasteiger partial charge in [-0.15, -0.1) is 5.10 Å². The monoisotopic (exact) mass is 469 g/mol. The molecule has 0 saturated carbocycles. The molecular weight excluding hydrogens is 450 g/mol. The van der Waals surface area contributed by atoms with E-state index < -0.39 is 17.9 Å². The number of hydrogen-bond acceptors (Lipinski definition) is 7. The Morgan fingerprint density at radius 2 is 2.03 bits per heavy atom. The van der Waals surface area contributed by atoms with Gasteiger partial charge < -0.3 is 10.2 Å². The smallest absolute Gasteiger partial charge is 0.277 e. The molecule has 1 aromatic heterocycles. The summed E-state index contributed by atoms with van der Waals surface area (Å²) >= 11 is 0. The van der Waals surface area contributed by atoms with Crippen LogP contribution in [0.2, 0.25) is 0 Å². The highest BCUT2D eigenvalue weighted by molar-refractivity contribution is 6.05. The number of aromatic nitrogens is 3. The van der Waals surface area contributed by atoms with E-state index in [0.29, 0.717) is 28.1 Å². The zero-order valence-electron chi connectivity index (χ0n) is 18.4. The average molecular weight is 469 g/mol. The van der Waals surface area contributed by atoms with Gasteiger partial charge in [-0.3, -0.25) is 24.5 Å². The van der Waals surface area contributed by atoms with Crippen molar-refractivity contribution < 1.29 is 19.2 Å². The lowest BCUT2D eigenvalue weighted by Crippen LogP contribution is -2.52. The van der Waals surface area contributed by atoms with Crippen LogP contribution in [0.3, 0.4) is 0 Å². The fourth-order valence-corrected chi connectivity index (χ4v) is 4.27. The van der Waals surface area contributed by atoms with Gasteiger partial charge in [0.2, 0.25) is 11.8 Å². The Labute approximate surface area is 199 Å². The van der Waals surface area contributed by atoms with E-state index in [-0.39, 0.29) is 43.3 Å². The van der Waals surface area contributed by atoms with Crippen LogP contribution < -0.4 is 10.6 Å². The summed E-state index contributed by atoms with van der Waals surface area (Å²) in [5.74, 6) is -1.54. The SMILES string of the molecule is N#CCc1ccccc1NC(=O)c1cn(-c2ccc3c(c2)CN(C2CCC(=O)NC2=O)C3=O)nn1. The van der Waals surface area contributed by atoms with Gasteiger partial charge in [0, 0.05) is 24.2 Å². The molecule has 1 atom stereocenters. The number of anilines is 1. The lowest BCUT2D eigenvalue weighted by atomic mass is 10.0. The number of para-hydroxylation sites is 1. The Kier molecular flexibility index (Phi) is 5.54. The maximum atomic E-state index is 12.9. The van der Waals surface area contributed by atoms with Gasteiger partial charge in [0.25, 0.3) is 11.8 Å². The van der Waals surface area contributed by atoms with Crippen molar-refractivity contribution in [2.24, 2.45) is 0 Å². The molecule has 3 heterocycles. The van der Waals surface area contributed by atoms with E-state index in [1.165, 1.54) is 15.8 Å². The molecule has 0 aliphatic carbocycles. The van der Waals surface area contributed by atoms with Crippen molar-refractivity contribution in [3.63, 3.8) is 0 Å². The summed E-state index contributed by atoms with van der Waals surface area (Å²) < 4.78 is 1.43. The summed E-state index contributed by atoms with van der Waals surface area (Å²) in [6.45, 7) is 0.228. The Balaban J connectivity index is 1.33. The molecule has 174 valence electrons. The number of imide groups is 1. The predicted molar refractivity (Wildman–Crippen MR) is 121 cm³/mol. The first kappa shape index (κ1) is 22.0. The second-order valence-corrected chi connectivity index (χ2v) is 8.24. The van der Waals surface area contributed by atoms with E-state index in [0.717, 1.165) is 0 Å². The van der Waals surface area contributed by atoms with Crippen molar-refractivity contribution in [3.05, 3.63) is 71.0 Å². The quantitative estimate of drug-likeness (QED) is 0.535. The molecule has 0 spiro atoms. The number of fused-ring (bicyclic) bond motifs is 1. The van der Waals surface area contributed by atoms with Gasteiger partial charge >= 0.3 is 0 Å². The average Bonchev–Trinajstić information content (AvgIpc) is 3.46. The largest absolute Gasteiger partial charge is 0.322 e. The highest BCUT2D eigenvalue weighted by Gasteiger charge is 2.39. The van der Waals surface area contributed by atoms with Crippen LogP contribution in [0.4, 0.5) is 5.69 Å². The van der Waals surface area contributed by atoms with Crippen LogP contribution in [0, 0.1) is 11.3 Å². The van der Waals surface area contributed by atoms with Gasteiger partial charge in [-0.1, -0.05) is 23.4 Å². The zero-order valence-corrected chi connectivity index (χ0v) is 18.4. The molecule has 3 aromatic rings. The van der Waals surface area contributed by atoms with Crippen molar-refractivity contribution in [2.45, 2.75) is 31.8 Å². The summed E-state index contributed by atoms with van der Waals surface area (Å²) in [5, 5.41) is 22.0. The van der Waals surface area contributed by atoms with E-state index in [2.05, 4.69) is 27.0 Å². The first-order valence-electron chi connectivity index (χ1n) is 10.9. The van der Waals surface area contributed by atoms with Crippen molar-refractivity contribution in [3.8, 4) is 11.8 Å². The van der Waals surface area contributed by atoms with Gasteiger partial charge in [-0.25, -0.2) is 4.68 Å². The fourth-order valence-electron chi connectivity index (χ4n) is 4.27. The third kappa shape index (κ3) is 4.13. The molecule has 11 heteroatoms. The molecule has 5 rings (SSSR count). The first-order valence-corrected chi connectivity index (χ1v) is 10.9. The topological polar surface area (TPSA) is 150 Å². The molecule has 2 aliphatic heterocycles. The normalized spacial score (nSPS) is 17.1. The van der Waals surface area contributed by atoms with Gasteiger partial charge in [0.05, 0.1) is 24.4 Å². The van der Waals surface area contributed by atoms with E-state index >= 15 is 0 Å². The van der Waals surface area contributed by atoms with Crippen molar-refractivity contribution in [2.75, 3.05) is 5.32 Å². The number of piperidine rings is 1. The van der Waals surface area contributed by atoms with E-state index in [4.69, 9.17) is 5.26 Å². The number of nitrogens with zero attached hydrogens (tertiary/aromatic N) is 5. The lowest BCUT2D eigenvalue weighted by Gasteiger charge is -2.29. The molecule has 0 radical (unpaired) electrons. The fraction of sp³-hybridized carbons (Fsp3) is 0.208.